The van der Waals surface area contributed by atoms with Gasteiger partial charge in [-0.25, -0.2) is 9.59 Å². The molecule has 2 fully saturated rings. The highest BCUT2D eigenvalue weighted by atomic mass is 16.6. The minimum atomic E-state index is -2.00. The number of carbonyl (C=O) groups excluding carboxylic acids is 3. The summed E-state index contributed by atoms with van der Waals surface area (Å²) in [6, 6.07) is -2.67. The Hall–Kier alpha value is -2.64. The summed E-state index contributed by atoms with van der Waals surface area (Å²) >= 11 is 0. The molecule has 2 rings (SSSR count). The molecule has 2 aliphatic heterocycles. The summed E-state index contributed by atoms with van der Waals surface area (Å²) in [5, 5.41) is 35.2. The highest BCUT2D eigenvalue weighted by molar-refractivity contribution is 5.84. The number of esters is 2. The molecule has 0 radical (unpaired) electrons. The van der Waals surface area contributed by atoms with Crippen LogP contribution < -0.4 is 0 Å². The fourth-order valence-electron chi connectivity index (χ4n) is 4.15. The van der Waals surface area contributed by atoms with E-state index in [9.17, 15) is 29.7 Å². The molecule has 3 N–H and O–H groups in total. The van der Waals surface area contributed by atoms with Gasteiger partial charge in [-0.15, -0.1) is 0 Å². The van der Waals surface area contributed by atoms with Gasteiger partial charge in [0, 0.05) is 18.3 Å². The lowest BCUT2D eigenvalue weighted by atomic mass is 9.78. The van der Waals surface area contributed by atoms with Gasteiger partial charge in [-0.05, 0) is 26.3 Å². The maximum Gasteiger partial charge on any atom is 0.411 e. The Morgan fingerprint density at radius 1 is 1.24 bits per heavy atom. The highest BCUT2D eigenvalue weighted by Crippen LogP contribution is 2.46. The van der Waals surface area contributed by atoms with Crippen molar-refractivity contribution in [2.75, 3.05) is 20.3 Å². The molecule has 0 aliphatic carbocycles. The molecule has 1 amide bonds. The monoisotopic (exact) mass is 474 g/mol. The van der Waals surface area contributed by atoms with E-state index >= 15 is 0 Å². The van der Waals surface area contributed by atoms with E-state index in [1.807, 2.05) is 0 Å². The molecule has 0 aromatic heterocycles. The number of hydrogen-bond donors (Lipinski definition) is 3. The highest BCUT2D eigenvalue weighted by Gasteiger charge is 2.68. The van der Waals surface area contributed by atoms with E-state index in [0.717, 1.165) is 18.9 Å². The predicted octanol–water partition coefficient (Wildman–Crippen LogP) is -0.369. The van der Waals surface area contributed by atoms with E-state index in [-0.39, 0.29) is 13.0 Å². The van der Waals surface area contributed by atoms with E-state index in [1.165, 1.54) is 0 Å². The number of aliphatic hydroxyl groups excluding tert-OH is 3. The van der Waals surface area contributed by atoms with Crippen molar-refractivity contribution in [3.8, 4) is 0 Å². The summed E-state index contributed by atoms with van der Waals surface area (Å²) in [6.07, 6.45) is -7.94. The summed E-state index contributed by atoms with van der Waals surface area (Å²) in [6.45, 7) is 5.16. The van der Waals surface area contributed by atoms with Crippen LogP contribution in [0.3, 0.4) is 0 Å². The zero-order chi connectivity index (χ0) is 25.1. The van der Waals surface area contributed by atoms with Crippen molar-refractivity contribution in [2.24, 2.45) is 5.11 Å². The number of ether oxygens (including phenoxy) is 4. The van der Waals surface area contributed by atoms with Crippen molar-refractivity contribution < 1.29 is 48.7 Å². The maximum absolute atomic E-state index is 13.1. The Morgan fingerprint density at radius 3 is 2.39 bits per heavy atom. The van der Waals surface area contributed by atoms with Gasteiger partial charge >= 0.3 is 18.0 Å². The molecular weight excluding hydrogens is 444 g/mol. The number of carbonyl (C=O) groups is 3. The first-order chi connectivity index (χ1) is 15.3. The number of methoxy groups -OCH3 is 1. The van der Waals surface area contributed by atoms with Gasteiger partial charge in [-0.2, -0.15) is 0 Å². The largest absolute Gasteiger partial charge is 0.467 e. The number of likely N-dealkylation sites (tertiary alicyclic amines) is 1. The number of rotatable bonds is 5. The molecule has 14 nitrogen and oxygen atoms in total. The smallest absolute Gasteiger partial charge is 0.411 e. The molecule has 2 saturated heterocycles. The Balaban J connectivity index is 2.60. The summed E-state index contributed by atoms with van der Waals surface area (Å²) < 4.78 is 21.2. The Labute approximate surface area is 190 Å². The Kier molecular flexibility index (Phi) is 8.14. The van der Waals surface area contributed by atoms with Crippen LogP contribution in [0.1, 0.15) is 34.1 Å². The molecule has 0 aromatic rings. The summed E-state index contributed by atoms with van der Waals surface area (Å²) in [4.78, 5) is 41.0. The van der Waals surface area contributed by atoms with Crippen LogP contribution >= 0.6 is 0 Å². The average Bonchev–Trinajstić information content (AvgIpc) is 3.05. The minimum absolute atomic E-state index is 0.295. The van der Waals surface area contributed by atoms with Crippen LogP contribution in [0.5, 0.6) is 0 Å². The number of azide groups is 1. The standard InChI is InChI=1S/C19H30N4O10/c1-9(24)31-8-10-6-19(15(27)13(26)12(25)11(32-19)7-21-22-20)14(16(28)30-5)23(10)17(29)33-18(2,3)4/h10-15,25-27H,6-8H2,1-5H3/t10-,11-,12-,13+,14-,15?,19+/m1/s1. The van der Waals surface area contributed by atoms with Crippen LogP contribution in [-0.2, 0) is 28.5 Å². The van der Waals surface area contributed by atoms with Crippen molar-refractivity contribution in [1.29, 1.82) is 0 Å². The lowest BCUT2D eigenvalue weighted by Crippen LogP contribution is -2.70. The number of hydrogen-bond acceptors (Lipinski definition) is 11. The second-order valence-electron chi connectivity index (χ2n) is 8.92. The third-order valence-electron chi connectivity index (χ3n) is 5.45. The third-order valence-corrected chi connectivity index (χ3v) is 5.45. The van der Waals surface area contributed by atoms with Gasteiger partial charge in [0.25, 0.3) is 0 Å². The van der Waals surface area contributed by atoms with Gasteiger partial charge in [0.05, 0.1) is 25.8 Å². The van der Waals surface area contributed by atoms with E-state index in [1.54, 1.807) is 20.8 Å². The van der Waals surface area contributed by atoms with E-state index in [4.69, 9.17) is 24.5 Å². The van der Waals surface area contributed by atoms with Crippen LogP contribution in [0, 0.1) is 0 Å². The topological polar surface area (TPSA) is 201 Å². The zero-order valence-corrected chi connectivity index (χ0v) is 19.1. The van der Waals surface area contributed by atoms with E-state index in [2.05, 4.69) is 10.0 Å². The minimum Gasteiger partial charge on any atom is -0.467 e. The summed E-state index contributed by atoms with van der Waals surface area (Å²) in [5.74, 6) is -1.66. The molecule has 2 heterocycles. The Morgan fingerprint density at radius 2 is 1.88 bits per heavy atom. The molecule has 7 atom stereocenters. The SMILES string of the molecule is COC(=O)[C@H]1N(C(=O)OC(C)(C)C)[C@@H](COC(C)=O)C[C@]12O[C@H](CN=[N+]=[N-])[C@@H](O)[C@H](O)C2O. The van der Waals surface area contributed by atoms with Crippen LogP contribution in [0.2, 0.25) is 0 Å². The maximum atomic E-state index is 13.1. The molecule has 1 unspecified atom stereocenters. The Bertz CT molecular complexity index is 811. The summed E-state index contributed by atoms with van der Waals surface area (Å²) in [7, 11) is 1.06. The van der Waals surface area contributed by atoms with Crippen molar-refractivity contribution in [2.45, 2.75) is 81.8 Å². The van der Waals surface area contributed by atoms with Crippen LogP contribution in [-0.4, -0.2) is 106 Å². The number of nitrogens with zero attached hydrogens (tertiary/aromatic N) is 4. The predicted molar refractivity (Wildman–Crippen MR) is 109 cm³/mol. The van der Waals surface area contributed by atoms with Gasteiger partial charge in [0.1, 0.15) is 36.1 Å². The lowest BCUT2D eigenvalue weighted by Gasteiger charge is -2.49. The average molecular weight is 474 g/mol. The van der Waals surface area contributed by atoms with Gasteiger partial charge in [-0.1, -0.05) is 5.11 Å². The second-order valence-corrected chi connectivity index (χ2v) is 8.92. The molecule has 14 heteroatoms. The van der Waals surface area contributed by atoms with Gasteiger partial charge in [-0.3, -0.25) is 9.69 Å². The van der Waals surface area contributed by atoms with Crippen molar-refractivity contribution >= 4 is 18.0 Å². The molecule has 0 saturated carbocycles. The van der Waals surface area contributed by atoms with Crippen molar-refractivity contribution in [3.05, 3.63) is 10.4 Å². The van der Waals surface area contributed by atoms with Crippen LogP contribution in [0.25, 0.3) is 10.4 Å². The molecular formula is C19H30N4O10. The van der Waals surface area contributed by atoms with E-state index in [0.29, 0.717) is 0 Å². The first kappa shape index (κ1) is 26.6. The van der Waals surface area contributed by atoms with E-state index < -0.39 is 72.3 Å². The molecule has 2 aliphatic rings. The molecule has 0 aromatic carbocycles. The second kappa shape index (κ2) is 10.1. The van der Waals surface area contributed by atoms with Gasteiger partial charge in [0.15, 0.2) is 6.04 Å². The first-order valence-electron chi connectivity index (χ1n) is 10.2. The fraction of sp³-hybridized carbons (Fsp3) is 0.842. The van der Waals surface area contributed by atoms with Gasteiger partial charge < -0.3 is 34.3 Å². The fourth-order valence-corrected chi connectivity index (χ4v) is 4.15. The van der Waals surface area contributed by atoms with Crippen molar-refractivity contribution in [3.63, 3.8) is 0 Å². The third kappa shape index (κ3) is 5.47. The number of amides is 1. The van der Waals surface area contributed by atoms with Crippen LogP contribution in [0.4, 0.5) is 4.79 Å². The molecule has 33 heavy (non-hydrogen) atoms. The lowest BCUT2D eigenvalue weighted by molar-refractivity contribution is -0.271. The molecule has 186 valence electrons. The summed E-state index contributed by atoms with van der Waals surface area (Å²) in [5.41, 5.74) is 5.68. The normalized spacial score (nSPS) is 33.9. The zero-order valence-electron chi connectivity index (χ0n) is 19.1. The van der Waals surface area contributed by atoms with Crippen LogP contribution in [0.15, 0.2) is 5.11 Å². The van der Waals surface area contributed by atoms with Crippen molar-refractivity contribution in [1.82, 2.24) is 4.90 Å². The molecule has 1 spiro atoms. The first-order valence-corrected chi connectivity index (χ1v) is 10.2. The number of aliphatic hydroxyl groups is 3. The molecule has 0 bridgehead atoms. The quantitative estimate of drug-likeness (QED) is 0.155. The van der Waals surface area contributed by atoms with Gasteiger partial charge in [0.2, 0.25) is 0 Å².